The summed E-state index contributed by atoms with van der Waals surface area (Å²) in [4.78, 5) is 17.8. The van der Waals surface area contributed by atoms with Gasteiger partial charge in [0.1, 0.15) is 11.4 Å². The number of aliphatic hydroxyl groups is 1. The molecule has 0 saturated heterocycles. The molecule has 1 N–H and O–H groups in total. The molecule has 2 aromatic rings. The van der Waals surface area contributed by atoms with E-state index >= 15 is 0 Å². The first-order valence-corrected chi connectivity index (χ1v) is 8.38. The number of rotatable bonds is 5. The number of hydrogen-bond acceptors (Lipinski definition) is 5. The first kappa shape index (κ1) is 19.4. The van der Waals surface area contributed by atoms with Gasteiger partial charge in [-0.25, -0.2) is 0 Å². The van der Waals surface area contributed by atoms with Crippen LogP contribution in [0.15, 0.2) is 24.4 Å². The van der Waals surface area contributed by atoms with Crippen LogP contribution >= 0.6 is 0 Å². The van der Waals surface area contributed by atoms with Crippen molar-refractivity contribution in [1.82, 2.24) is 9.88 Å². The molecule has 0 aliphatic heterocycles. The summed E-state index contributed by atoms with van der Waals surface area (Å²) < 4.78 is 5.80. The standard InChI is InChI=1S/C20H23N3O3/c1-6-26-19-12(2)9-15(10-21)17(13(3)24)18(19)14-7-8-16(22-11-14)20(25)23(4)5/h7-9,11,13,24H,6H2,1-5H3. The molecule has 1 atom stereocenters. The SMILES string of the molecule is CCOc1c(C)cc(C#N)c(C(C)O)c1-c1ccc(C(=O)N(C)C)nc1. The van der Waals surface area contributed by atoms with E-state index in [0.29, 0.717) is 40.3 Å². The first-order chi connectivity index (χ1) is 12.3. The largest absolute Gasteiger partial charge is 0.493 e. The Labute approximate surface area is 153 Å². The lowest BCUT2D eigenvalue weighted by Gasteiger charge is -2.20. The summed E-state index contributed by atoms with van der Waals surface area (Å²) >= 11 is 0. The van der Waals surface area contributed by atoms with Crippen LogP contribution in [0.2, 0.25) is 0 Å². The molecule has 2 rings (SSSR count). The van der Waals surface area contributed by atoms with Crippen molar-refractivity contribution in [2.45, 2.75) is 26.9 Å². The van der Waals surface area contributed by atoms with E-state index in [4.69, 9.17) is 4.74 Å². The van der Waals surface area contributed by atoms with Crippen LogP contribution in [-0.4, -0.2) is 41.6 Å². The summed E-state index contributed by atoms with van der Waals surface area (Å²) in [6.45, 7) is 5.80. The zero-order chi connectivity index (χ0) is 19.4. The van der Waals surface area contributed by atoms with E-state index in [9.17, 15) is 15.2 Å². The second-order valence-electron chi connectivity index (χ2n) is 6.21. The molecule has 1 aromatic heterocycles. The second-order valence-corrected chi connectivity index (χ2v) is 6.21. The van der Waals surface area contributed by atoms with Crippen molar-refractivity contribution in [3.05, 3.63) is 46.8 Å². The van der Waals surface area contributed by atoms with Crippen LogP contribution in [0.5, 0.6) is 5.75 Å². The molecule has 26 heavy (non-hydrogen) atoms. The van der Waals surface area contributed by atoms with Gasteiger partial charge in [-0.2, -0.15) is 5.26 Å². The average Bonchev–Trinajstić information content (AvgIpc) is 2.62. The molecule has 1 unspecified atom stereocenters. The predicted octanol–water partition coefficient (Wildman–Crippen LogP) is 3.08. The Kier molecular flexibility index (Phi) is 5.96. The number of carbonyl (C=O) groups is 1. The number of ether oxygens (including phenoxy) is 1. The summed E-state index contributed by atoms with van der Waals surface area (Å²) in [5, 5.41) is 19.8. The molecule has 0 fully saturated rings. The van der Waals surface area contributed by atoms with Crippen LogP contribution in [0.25, 0.3) is 11.1 Å². The van der Waals surface area contributed by atoms with Crippen molar-refractivity contribution < 1.29 is 14.6 Å². The molecule has 0 aliphatic carbocycles. The van der Waals surface area contributed by atoms with Crippen molar-refractivity contribution >= 4 is 5.91 Å². The van der Waals surface area contributed by atoms with E-state index in [0.717, 1.165) is 5.56 Å². The maximum Gasteiger partial charge on any atom is 0.271 e. The van der Waals surface area contributed by atoms with Crippen LogP contribution in [0.3, 0.4) is 0 Å². The van der Waals surface area contributed by atoms with Gasteiger partial charge in [0.2, 0.25) is 0 Å². The van der Waals surface area contributed by atoms with Crippen LogP contribution < -0.4 is 4.74 Å². The lowest BCUT2D eigenvalue weighted by atomic mass is 9.90. The molecular formula is C20H23N3O3. The summed E-state index contributed by atoms with van der Waals surface area (Å²) in [5.41, 5.74) is 3.33. The molecule has 0 bridgehead atoms. The molecule has 1 aromatic carbocycles. The van der Waals surface area contributed by atoms with Crippen molar-refractivity contribution in [1.29, 1.82) is 5.26 Å². The van der Waals surface area contributed by atoms with Gasteiger partial charge in [-0.15, -0.1) is 0 Å². The lowest BCUT2D eigenvalue weighted by Crippen LogP contribution is -2.22. The number of aromatic nitrogens is 1. The minimum Gasteiger partial charge on any atom is -0.493 e. The van der Waals surface area contributed by atoms with Crippen LogP contribution in [0.1, 0.15) is 47.1 Å². The monoisotopic (exact) mass is 353 g/mol. The molecular weight excluding hydrogens is 330 g/mol. The van der Waals surface area contributed by atoms with Crippen molar-refractivity contribution in [3.8, 4) is 22.9 Å². The summed E-state index contributed by atoms with van der Waals surface area (Å²) in [6.07, 6.45) is 0.712. The number of nitrogens with zero attached hydrogens (tertiary/aromatic N) is 3. The number of nitriles is 1. The predicted molar refractivity (Wildman–Crippen MR) is 98.9 cm³/mol. The smallest absolute Gasteiger partial charge is 0.271 e. The molecule has 136 valence electrons. The number of aryl methyl sites for hydroxylation is 1. The van der Waals surface area contributed by atoms with Gasteiger partial charge in [0, 0.05) is 37.0 Å². The molecule has 1 heterocycles. The molecule has 1 amide bonds. The first-order valence-electron chi connectivity index (χ1n) is 8.38. The van der Waals surface area contributed by atoms with Crippen LogP contribution in [0, 0.1) is 18.3 Å². The number of amides is 1. The van der Waals surface area contributed by atoms with E-state index in [-0.39, 0.29) is 5.91 Å². The molecule has 0 radical (unpaired) electrons. The van der Waals surface area contributed by atoms with E-state index in [1.807, 2.05) is 13.8 Å². The highest BCUT2D eigenvalue weighted by molar-refractivity contribution is 5.92. The molecule has 0 saturated carbocycles. The number of pyridine rings is 1. The number of aliphatic hydroxyl groups excluding tert-OH is 1. The van der Waals surface area contributed by atoms with Gasteiger partial charge < -0.3 is 14.7 Å². The topological polar surface area (TPSA) is 86.4 Å². The fraction of sp³-hybridized carbons (Fsp3) is 0.350. The van der Waals surface area contributed by atoms with Crippen molar-refractivity contribution in [3.63, 3.8) is 0 Å². The minimum absolute atomic E-state index is 0.195. The third-order valence-corrected chi connectivity index (χ3v) is 4.01. The van der Waals surface area contributed by atoms with Gasteiger partial charge in [-0.3, -0.25) is 9.78 Å². The highest BCUT2D eigenvalue weighted by atomic mass is 16.5. The van der Waals surface area contributed by atoms with E-state index < -0.39 is 6.10 Å². The molecule has 6 heteroatoms. The van der Waals surface area contributed by atoms with Crippen molar-refractivity contribution in [2.75, 3.05) is 20.7 Å². The van der Waals surface area contributed by atoms with E-state index in [1.165, 1.54) is 4.90 Å². The fourth-order valence-electron chi connectivity index (χ4n) is 2.85. The minimum atomic E-state index is -0.859. The summed E-state index contributed by atoms with van der Waals surface area (Å²) in [7, 11) is 3.33. The number of carbonyl (C=O) groups excluding carboxylic acids is 1. The van der Waals surface area contributed by atoms with Crippen molar-refractivity contribution in [2.24, 2.45) is 0 Å². The number of benzene rings is 1. The highest BCUT2D eigenvalue weighted by Gasteiger charge is 2.22. The van der Waals surface area contributed by atoms with Gasteiger partial charge in [0.05, 0.1) is 24.3 Å². The van der Waals surface area contributed by atoms with Crippen LogP contribution in [0.4, 0.5) is 0 Å². The average molecular weight is 353 g/mol. The molecule has 0 aliphatic rings. The van der Waals surface area contributed by atoms with Gasteiger partial charge in [0.25, 0.3) is 5.91 Å². The summed E-state index contributed by atoms with van der Waals surface area (Å²) in [6, 6.07) is 7.25. The lowest BCUT2D eigenvalue weighted by molar-refractivity contribution is 0.0822. The van der Waals surface area contributed by atoms with Crippen LogP contribution in [-0.2, 0) is 0 Å². The Bertz CT molecular complexity index is 850. The zero-order valence-corrected chi connectivity index (χ0v) is 15.7. The maximum absolute atomic E-state index is 12.0. The van der Waals surface area contributed by atoms with Gasteiger partial charge in [0.15, 0.2) is 0 Å². The molecule has 0 spiro atoms. The molecule has 6 nitrogen and oxygen atoms in total. The van der Waals surface area contributed by atoms with Gasteiger partial charge in [-0.1, -0.05) is 6.07 Å². The number of hydrogen-bond donors (Lipinski definition) is 1. The third-order valence-electron chi connectivity index (χ3n) is 4.01. The Morgan fingerprint density at radius 2 is 2.12 bits per heavy atom. The van der Waals surface area contributed by atoms with E-state index in [2.05, 4.69) is 11.1 Å². The Balaban J connectivity index is 2.72. The van der Waals surface area contributed by atoms with E-state index in [1.54, 1.807) is 45.4 Å². The highest BCUT2D eigenvalue weighted by Crippen LogP contribution is 2.41. The third kappa shape index (κ3) is 3.68. The Hall–Kier alpha value is -2.91. The normalized spacial score (nSPS) is 11.6. The Morgan fingerprint density at radius 1 is 1.42 bits per heavy atom. The second kappa shape index (κ2) is 7.98. The fourth-order valence-corrected chi connectivity index (χ4v) is 2.85. The summed E-state index contributed by atoms with van der Waals surface area (Å²) in [5.74, 6) is 0.412. The van der Waals surface area contributed by atoms with Gasteiger partial charge >= 0.3 is 0 Å². The van der Waals surface area contributed by atoms with Gasteiger partial charge in [-0.05, 0) is 38.5 Å². The maximum atomic E-state index is 12.0. The Morgan fingerprint density at radius 3 is 2.58 bits per heavy atom. The zero-order valence-electron chi connectivity index (χ0n) is 15.7. The quantitative estimate of drug-likeness (QED) is 0.893.